The molecule has 0 atom stereocenters. The van der Waals surface area contributed by atoms with Crippen LogP contribution in [0.2, 0.25) is 0 Å². The van der Waals surface area contributed by atoms with Crippen LogP contribution >= 0.6 is 11.8 Å². The number of carbonyl (C=O) groups excluding carboxylic acids is 1. The Morgan fingerprint density at radius 2 is 1.91 bits per heavy atom. The summed E-state index contributed by atoms with van der Waals surface area (Å²) in [5, 5.41) is 11.3. The number of nitrogens with zero attached hydrogens (tertiary/aromatic N) is 2. The number of carbonyl (C=O) groups is 1. The molecule has 0 aliphatic heterocycles. The lowest BCUT2D eigenvalue weighted by molar-refractivity contribution is -0.113. The maximum atomic E-state index is 12.0. The molecule has 1 aromatic carbocycles. The minimum absolute atomic E-state index is 0.0891. The lowest BCUT2D eigenvalue weighted by Crippen LogP contribution is -2.14. The molecule has 1 aromatic heterocycles. The Kier molecular flexibility index (Phi) is 5.82. The van der Waals surface area contributed by atoms with Crippen molar-refractivity contribution >= 4 is 23.4 Å². The van der Waals surface area contributed by atoms with Crippen LogP contribution < -0.4 is 5.32 Å². The van der Waals surface area contributed by atoms with Gasteiger partial charge in [0.05, 0.1) is 5.75 Å². The van der Waals surface area contributed by atoms with E-state index in [2.05, 4.69) is 22.4 Å². The van der Waals surface area contributed by atoms with Gasteiger partial charge in [-0.2, -0.15) is 0 Å². The number of thioether (sulfide) groups is 1. The average molecular weight is 333 g/mol. The van der Waals surface area contributed by atoms with Gasteiger partial charge in [-0.1, -0.05) is 58.0 Å². The Morgan fingerprint density at radius 1 is 1.22 bits per heavy atom. The number of amides is 1. The first-order chi connectivity index (χ1) is 10.9. The van der Waals surface area contributed by atoms with Gasteiger partial charge in [-0.05, 0) is 24.1 Å². The van der Waals surface area contributed by atoms with E-state index in [-0.39, 0.29) is 17.1 Å². The number of anilines is 1. The van der Waals surface area contributed by atoms with Crippen molar-refractivity contribution in [2.45, 2.75) is 51.2 Å². The maximum Gasteiger partial charge on any atom is 0.277 e. The van der Waals surface area contributed by atoms with E-state index in [0.717, 1.165) is 18.5 Å². The van der Waals surface area contributed by atoms with E-state index in [4.69, 9.17) is 4.42 Å². The standard InChI is InChI=1S/C17H23N3O2S/c1-5-6-12-7-9-13(10-8-12)18-14(21)11-23-16-20-19-15(22-16)17(2,3)4/h7-10H,5-6,11H2,1-4H3,(H,18,21). The van der Waals surface area contributed by atoms with Crippen molar-refractivity contribution < 1.29 is 9.21 Å². The molecule has 0 aliphatic rings. The van der Waals surface area contributed by atoms with Crippen LogP contribution in [0.15, 0.2) is 33.9 Å². The molecule has 1 N–H and O–H groups in total. The average Bonchev–Trinajstić information content (AvgIpc) is 2.97. The molecule has 0 bridgehead atoms. The number of hydrogen-bond acceptors (Lipinski definition) is 5. The Balaban J connectivity index is 1.84. The van der Waals surface area contributed by atoms with Crippen LogP contribution in [-0.2, 0) is 16.6 Å². The fraction of sp³-hybridized carbons (Fsp3) is 0.471. The van der Waals surface area contributed by atoms with Crippen molar-refractivity contribution in [2.75, 3.05) is 11.1 Å². The summed E-state index contributed by atoms with van der Waals surface area (Å²) < 4.78 is 5.55. The van der Waals surface area contributed by atoms with Gasteiger partial charge in [0.2, 0.25) is 11.8 Å². The summed E-state index contributed by atoms with van der Waals surface area (Å²) in [6.45, 7) is 8.16. The van der Waals surface area contributed by atoms with Crippen LogP contribution in [0, 0.1) is 0 Å². The zero-order valence-electron chi connectivity index (χ0n) is 14.0. The molecule has 23 heavy (non-hydrogen) atoms. The number of rotatable bonds is 6. The molecular formula is C17H23N3O2S. The van der Waals surface area contributed by atoms with Crippen LogP contribution in [0.1, 0.15) is 45.6 Å². The van der Waals surface area contributed by atoms with Crippen molar-refractivity contribution in [3.8, 4) is 0 Å². The molecule has 124 valence electrons. The van der Waals surface area contributed by atoms with Gasteiger partial charge >= 0.3 is 0 Å². The highest BCUT2D eigenvalue weighted by Crippen LogP contribution is 2.24. The van der Waals surface area contributed by atoms with Gasteiger partial charge in [-0.3, -0.25) is 4.79 Å². The highest BCUT2D eigenvalue weighted by atomic mass is 32.2. The second-order valence-electron chi connectivity index (χ2n) is 6.41. The van der Waals surface area contributed by atoms with Gasteiger partial charge < -0.3 is 9.73 Å². The van der Waals surface area contributed by atoms with Gasteiger partial charge in [0.25, 0.3) is 5.22 Å². The number of benzene rings is 1. The summed E-state index contributed by atoms with van der Waals surface area (Å²) in [7, 11) is 0. The Morgan fingerprint density at radius 3 is 2.48 bits per heavy atom. The van der Waals surface area contributed by atoms with E-state index in [9.17, 15) is 4.79 Å². The minimum Gasteiger partial charge on any atom is -0.415 e. The van der Waals surface area contributed by atoms with E-state index >= 15 is 0 Å². The Labute approximate surface area is 141 Å². The number of aromatic nitrogens is 2. The van der Waals surface area contributed by atoms with E-state index in [1.807, 2.05) is 45.0 Å². The molecule has 2 rings (SSSR count). The molecule has 0 saturated carbocycles. The summed E-state index contributed by atoms with van der Waals surface area (Å²) in [6.07, 6.45) is 2.17. The molecule has 0 saturated heterocycles. The van der Waals surface area contributed by atoms with Crippen molar-refractivity contribution in [3.05, 3.63) is 35.7 Å². The first kappa shape index (κ1) is 17.5. The molecule has 0 radical (unpaired) electrons. The van der Waals surface area contributed by atoms with Gasteiger partial charge in [0, 0.05) is 11.1 Å². The first-order valence-corrected chi connectivity index (χ1v) is 8.72. The molecule has 1 heterocycles. The van der Waals surface area contributed by atoms with Gasteiger partial charge in [0.1, 0.15) is 0 Å². The van der Waals surface area contributed by atoms with Gasteiger partial charge in [-0.25, -0.2) is 0 Å². The molecule has 6 heteroatoms. The fourth-order valence-corrected chi connectivity index (χ4v) is 2.50. The second-order valence-corrected chi connectivity index (χ2v) is 7.33. The highest BCUT2D eigenvalue weighted by Gasteiger charge is 2.21. The van der Waals surface area contributed by atoms with Crippen molar-refractivity contribution in [2.24, 2.45) is 0 Å². The van der Waals surface area contributed by atoms with Crippen LogP contribution in [0.4, 0.5) is 5.69 Å². The molecule has 0 fully saturated rings. The Bertz CT molecular complexity index is 645. The number of hydrogen-bond donors (Lipinski definition) is 1. The van der Waals surface area contributed by atoms with Crippen LogP contribution in [0.3, 0.4) is 0 Å². The second kappa shape index (κ2) is 7.64. The normalized spacial score (nSPS) is 11.5. The number of aryl methyl sites for hydroxylation is 1. The summed E-state index contributed by atoms with van der Waals surface area (Å²) in [5.41, 5.74) is 1.89. The van der Waals surface area contributed by atoms with E-state index < -0.39 is 0 Å². The van der Waals surface area contributed by atoms with Crippen LogP contribution in [-0.4, -0.2) is 21.9 Å². The molecule has 1 amide bonds. The first-order valence-electron chi connectivity index (χ1n) is 7.74. The highest BCUT2D eigenvalue weighted by molar-refractivity contribution is 7.99. The monoisotopic (exact) mass is 333 g/mol. The van der Waals surface area contributed by atoms with Crippen molar-refractivity contribution in [1.82, 2.24) is 10.2 Å². The van der Waals surface area contributed by atoms with Gasteiger partial charge in [-0.15, -0.1) is 10.2 Å². The topological polar surface area (TPSA) is 68.0 Å². The summed E-state index contributed by atoms with van der Waals surface area (Å²) >= 11 is 1.24. The molecule has 0 unspecified atom stereocenters. The summed E-state index contributed by atoms with van der Waals surface area (Å²) in [5.74, 6) is 0.725. The van der Waals surface area contributed by atoms with E-state index in [1.165, 1.54) is 17.3 Å². The number of nitrogens with one attached hydrogen (secondary N) is 1. The lowest BCUT2D eigenvalue weighted by Gasteiger charge is -2.10. The SMILES string of the molecule is CCCc1ccc(NC(=O)CSc2nnc(C(C)(C)C)o2)cc1. The van der Waals surface area contributed by atoms with Crippen LogP contribution in [0.5, 0.6) is 0 Å². The Hall–Kier alpha value is -1.82. The smallest absolute Gasteiger partial charge is 0.277 e. The fourth-order valence-electron chi connectivity index (χ4n) is 1.94. The maximum absolute atomic E-state index is 12.0. The predicted octanol–water partition coefficient (Wildman–Crippen LogP) is 4.05. The lowest BCUT2D eigenvalue weighted by atomic mass is 9.97. The molecule has 0 aliphatic carbocycles. The van der Waals surface area contributed by atoms with E-state index in [1.54, 1.807) is 0 Å². The van der Waals surface area contributed by atoms with Gasteiger partial charge in [0.15, 0.2) is 0 Å². The summed E-state index contributed by atoms with van der Waals surface area (Å²) in [6, 6.07) is 7.94. The zero-order valence-corrected chi connectivity index (χ0v) is 14.9. The minimum atomic E-state index is -0.186. The van der Waals surface area contributed by atoms with E-state index in [0.29, 0.717) is 11.1 Å². The van der Waals surface area contributed by atoms with Crippen molar-refractivity contribution in [1.29, 1.82) is 0 Å². The molecule has 2 aromatic rings. The third-order valence-corrected chi connectivity index (χ3v) is 3.97. The third kappa shape index (κ3) is 5.39. The third-order valence-electron chi connectivity index (χ3n) is 3.15. The molecule has 0 spiro atoms. The zero-order chi connectivity index (χ0) is 16.9. The summed E-state index contributed by atoms with van der Waals surface area (Å²) in [4.78, 5) is 12.0. The largest absolute Gasteiger partial charge is 0.415 e. The predicted molar refractivity (Wildman–Crippen MR) is 92.8 cm³/mol. The quantitative estimate of drug-likeness (QED) is 0.808. The van der Waals surface area contributed by atoms with Crippen molar-refractivity contribution in [3.63, 3.8) is 0 Å². The molecular weight excluding hydrogens is 310 g/mol. The van der Waals surface area contributed by atoms with Crippen LogP contribution in [0.25, 0.3) is 0 Å². The molecule has 5 nitrogen and oxygen atoms in total.